The summed E-state index contributed by atoms with van der Waals surface area (Å²) < 4.78 is 9.61. The topological polar surface area (TPSA) is 40.9 Å². The molecule has 0 N–H and O–H groups in total. The number of nitriles is 1. The van der Waals surface area contributed by atoms with Crippen molar-refractivity contribution < 1.29 is 4.57 Å². The molecular weight excluding hydrogens is 229 g/mol. The van der Waals surface area contributed by atoms with Gasteiger partial charge in [-0.05, 0) is 69.4 Å². The largest absolute Gasteiger partial charge is 0.274 e. The van der Waals surface area contributed by atoms with Crippen molar-refractivity contribution in [3.8, 4) is 6.07 Å². The van der Waals surface area contributed by atoms with Crippen LogP contribution >= 0.6 is 8.46 Å². The van der Waals surface area contributed by atoms with Gasteiger partial charge in [-0.25, -0.2) is 0 Å². The summed E-state index contributed by atoms with van der Waals surface area (Å²) in [5, 5.41) is 7.88. The molecule has 0 fully saturated rings. The van der Waals surface area contributed by atoms with Crippen molar-refractivity contribution in [2.45, 2.75) is 47.2 Å². The van der Waals surface area contributed by atoms with Gasteiger partial charge in [0, 0.05) is 0 Å². The third-order valence-corrected chi connectivity index (χ3v) is 3.52. The van der Waals surface area contributed by atoms with E-state index in [2.05, 4.69) is 40.7 Å². The molecular formula is C14H20NOP. The Balaban J connectivity index is 0.000000366. The molecule has 1 aromatic rings. The summed E-state index contributed by atoms with van der Waals surface area (Å²) in [7, 11) is -0.0829. The molecule has 1 unspecified atom stereocenters. The van der Waals surface area contributed by atoms with E-state index in [1.165, 1.54) is 27.8 Å². The molecule has 2 nitrogen and oxygen atoms in total. The van der Waals surface area contributed by atoms with Crippen molar-refractivity contribution in [3.63, 3.8) is 0 Å². The second-order valence-electron chi connectivity index (χ2n) is 4.30. The third-order valence-electron chi connectivity index (χ3n) is 3.09. The van der Waals surface area contributed by atoms with Gasteiger partial charge in [0.2, 0.25) is 0 Å². The molecule has 1 aromatic carbocycles. The van der Waals surface area contributed by atoms with E-state index in [9.17, 15) is 4.57 Å². The molecule has 3 heteroatoms. The Kier molecular flexibility index (Phi) is 6.69. The number of hydrogen-bond donors (Lipinski definition) is 0. The third kappa shape index (κ3) is 4.67. The van der Waals surface area contributed by atoms with E-state index in [0.29, 0.717) is 0 Å². The highest BCUT2D eigenvalue weighted by atomic mass is 31.1. The van der Waals surface area contributed by atoms with Gasteiger partial charge >= 0.3 is 0 Å². The first-order chi connectivity index (χ1) is 7.84. The number of hydrogen-bond acceptors (Lipinski definition) is 2. The summed E-state index contributed by atoms with van der Waals surface area (Å²) in [5.74, 6) is 0. The lowest BCUT2D eigenvalue weighted by molar-refractivity contribution is 0.596. The molecule has 17 heavy (non-hydrogen) atoms. The molecule has 0 aliphatic carbocycles. The Morgan fingerprint density at radius 2 is 1.47 bits per heavy atom. The predicted molar refractivity (Wildman–Crippen MR) is 72.8 cm³/mol. The van der Waals surface area contributed by atoms with Crippen LogP contribution in [0.5, 0.6) is 0 Å². The summed E-state index contributed by atoms with van der Waals surface area (Å²) in [6, 6.07) is 4.05. The lowest BCUT2D eigenvalue weighted by Crippen LogP contribution is -1.93. The number of aryl methyl sites for hydroxylation is 2. The molecule has 0 aliphatic rings. The molecule has 1 atom stereocenters. The molecule has 0 aromatic heterocycles. The van der Waals surface area contributed by atoms with Crippen LogP contribution in [0.1, 0.15) is 34.7 Å². The maximum Gasteiger partial charge on any atom is 0.173 e. The summed E-state index contributed by atoms with van der Waals surface area (Å²) in [6.07, 6.45) is 0. The van der Waals surface area contributed by atoms with E-state index in [1.54, 1.807) is 13.0 Å². The molecule has 0 saturated heterocycles. The Bertz CT molecular complexity index is 420. The van der Waals surface area contributed by atoms with Crippen molar-refractivity contribution in [3.05, 3.63) is 33.9 Å². The normalized spacial score (nSPS) is 11.4. The van der Waals surface area contributed by atoms with E-state index in [-0.39, 0.29) is 14.1 Å². The van der Waals surface area contributed by atoms with Crippen LogP contribution in [0.4, 0.5) is 0 Å². The highest BCUT2D eigenvalue weighted by molar-refractivity contribution is 7.25. The Labute approximate surface area is 106 Å². The van der Waals surface area contributed by atoms with E-state index < -0.39 is 0 Å². The average Bonchev–Trinajstić information content (AvgIpc) is 2.33. The lowest BCUT2D eigenvalue weighted by Gasteiger charge is -2.10. The second-order valence-corrected chi connectivity index (χ2v) is 5.28. The van der Waals surface area contributed by atoms with Gasteiger partial charge in [-0.1, -0.05) is 6.07 Å². The fourth-order valence-electron chi connectivity index (χ4n) is 1.44. The molecule has 0 aliphatic heterocycles. The van der Waals surface area contributed by atoms with Crippen LogP contribution in [0.15, 0.2) is 6.07 Å². The Morgan fingerprint density at radius 1 is 1.06 bits per heavy atom. The summed E-state index contributed by atoms with van der Waals surface area (Å²) in [5.41, 5.74) is 6.80. The van der Waals surface area contributed by atoms with Crippen LogP contribution in [-0.4, -0.2) is 5.66 Å². The van der Waals surface area contributed by atoms with Gasteiger partial charge in [0.25, 0.3) is 0 Å². The van der Waals surface area contributed by atoms with E-state index in [0.717, 1.165) is 0 Å². The summed E-state index contributed by atoms with van der Waals surface area (Å²) in [6.45, 7) is 12.5. The van der Waals surface area contributed by atoms with Crippen molar-refractivity contribution >= 4 is 8.46 Å². The highest BCUT2D eigenvalue weighted by Gasteiger charge is 2.02. The number of nitrogens with zero attached hydrogens (tertiary/aromatic N) is 1. The fourth-order valence-corrected chi connectivity index (χ4v) is 1.48. The minimum atomic E-state index is -0.343. The van der Waals surface area contributed by atoms with Crippen molar-refractivity contribution in [2.75, 3.05) is 0 Å². The van der Waals surface area contributed by atoms with Gasteiger partial charge in [0.1, 0.15) is 5.66 Å². The number of rotatable bonds is 1. The lowest BCUT2D eigenvalue weighted by atomic mass is 9.96. The van der Waals surface area contributed by atoms with Crippen LogP contribution < -0.4 is 0 Å². The zero-order chi connectivity index (χ0) is 13.6. The Morgan fingerprint density at radius 3 is 1.71 bits per heavy atom. The van der Waals surface area contributed by atoms with E-state index >= 15 is 0 Å². The van der Waals surface area contributed by atoms with Crippen LogP contribution in [0.25, 0.3) is 0 Å². The van der Waals surface area contributed by atoms with Gasteiger partial charge < -0.3 is 0 Å². The minimum absolute atomic E-state index is 0.0829. The molecule has 1 rings (SSSR count). The highest BCUT2D eigenvalue weighted by Crippen LogP contribution is 2.19. The molecule has 0 radical (unpaired) electrons. The van der Waals surface area contributed by atoms with Crippen LogP contribution in [0.3, 0.4) is 0 Å². The van der Waals surface area contributed by atoms with Crippen molar-refractivity contribution in [1.29, 1.82) is 5.26 Å². The molecule has 0 saturated carbocycles. The Hall–Kier alpha value is -1.19. The standard InChI is InChI=1S/C11H16.C3H4NOP/c1-7-6-8(2)10(4)11(5)9(7)3;1-3(2-4)6-5/h6H,1-5H3;3H,1H3. The predicted octanol–water partition coefficient (Wildman–Crippen LogP) is 4.42. The van der Waals surface area contributed by atoms with Gasteiger partial charge in [0.15, 0.2) is 8.46 Å². The molecule has 0 heterocycles. The second kappa shape index (κ2) is 7.20. The molecule has 0 amide bonds. The van der Waals surface area contributed by atoms with E-state index in [1.807, 2.05) is 0 Å². The van der Waals surface area contributed by atoms with Crippen LogP contribution in [-0.2, 0) is 4.57 Å². The first-order valence-corrected chi connectivity index (χ1v) is 6.49. The van der Waals surface area contributed by atoms with Gasteiger partial charge in [-0.3, -0.25) is 4.57 Å². The molecule has 92 valence electrons. The fraction of sp³-hybridized carbons (Fsp3) is 0.500. The summed E-state index contributed by atoms with van der Waals surface area (Å²) >= 11 is 0. The average molecular weight is 249 g/mol. The van der Waals surface area contributed by atoms with Crippen molar-refractivity contribution in [1.82, 2.24) is 0 Å². The minimum Gasteiger partial charge on any atom is -0.274 e. The first-order valence-electron chi connectivity index (χ1n) is 5.61. The van der Waals surface area contributed by atoms with E-state index in [4.69, 9.17) is 5.26 Å². The molecule has 0 bridgehead atoms. The smallest absolute Gasteiger partial charge is 0.173 e. The first kappa shape index (κ1) is 15.8. The quantitative estimate of drug-likeness (QED) is 0.691. The zero-order valence-corrected chi connectivity index (χ0v) is 12.4. The molecule has 0 spiro atoms. The number of benzene rings is 1. The zero-order valence-electron chi connectivity index (χ0n) is 11.5. The van der Waals surface area contributed by atoms with Gasteiger partial charge in [-0.2, -0.15) is 5.26 Å². The maximum atomic E-state index is 9.61. The van der Waals surface area contributed by atoms with Crippen LogP contribution in [0, 0.1) is 45.9 Å². The monoisotopic (exact) mass is 249 g/mol. The van der Waals surface area contributed by atoms with Crippen molar-refractivity contribution in [2.24, 2.45) is 0 Å². The SMILES string of the molecule is CC(C#N)P=O.Cc1cc(C)c(C)c(C)c1C. The van der Waals surface area contributed by atoms with Gasteiger partial charge in [-0.15, -0.1) is 0 Å². The maximum absolute atomic E-state index is 9.61. The summed E-state index contributed by atoms with van der Waals surface area (Å²) in [4.78, 5) is 0. The van der Waals surface area contributed by atoms with Crippen LogP contribution in [0.2, 0.25) is 0 Å². The van der Waals surface area contributed by atoms with Gasteiger partial charge in [0.05, 0.1) is 6.07 Å².